The van der Waals surface area contributed by atoms with Crippen molar-refractivity contribution in [2.24, 2.45) is 5.92 Å². The summed E-state index contributed by atoms with van der Waals surface area (Å²) in [6, 6.07) is 11.4. The van der Waals surface area contributed by atoms with Gasteiger partial charge in [0.15, 0.2) is 0 Å². The van der Waals surface area contributed by atoms with Crippen molar-refractivity contribution >= 4 is 12.0 Å². The van der Waals surface area contributed by atoms with Crippen molar-refractivity contribution in [3.8, 4) is 0 Å². The van der Waals surface area contributed by atoms with Crippen molar-refractivity contribution in [1.29, 1.82) is 0 Å². The Kier molecular flexibility index (Phi) is 5.59. The van der Waals surface area contributed by atoms with Crippen LogP contribution < -0.4 is 5.32 Å². The van der Waals surface area contributed by atoms with Crippen molar-refractivity contribution in [1.82, 2.24) is 15.1 Å². The van der Waals surface area contributed by atoms with Crippen LogP contribution in [0.15, 0.2) is 42.5 Å². The summed E-state index contributed by atoms with van der Waals surface area (Å²) in [6.07, 6.45) is 2.94. The first-order valence-corrected chi connectivity index (χ1v) is 11.3. The summed E-state index contributed by atoms with van der Waals surface area (Å²) in [5, 5.41) is 3.29. The molecule has 3 saturated heterocycles. The van der Waals surface area contributed by atoms with E-state index in [0.29, 0.717) is 24.4 Å². The first-order chi connectivity index (χ1) is 15.5. The Hall–Kier alpha value is -2.93. The number of amides is 2. The van der Waals surface area contributed by atoms with Crippen molar-refractivity contribution < 1.29 is 18.7 Å². The standard InChI is InChI=1S/C25H28FN3O3/c1-32-24(30)19-3-2-16-10-13-29(23(21(16)14-19)18-4-6-20(26)7-5-18)25(31)27-22-15-28-11-8-17(22)9-12-28/h2-7,14,17,22-23H,8-13,15H2,1H3,(H,27,31)/t22-,23?/m1/s1. The molecule has 0 saturated carbocycles. The van der Waals surface area contributed by atoms with Crippen molar-refractivity contribution in [2.75, 3.05) is 33.3 Å². The van der Waals surface area contributed by atoms with Crippen molar-refractivity contribution in [3.63, 3.8) is 0 Å². The van der Waals surface area contributed by atoms with E-state index in [1.54, 1.807) is 18.2 Å². The Morgan fingerprint density at radius 2 is 1.81 bits per heavy atom. The number of fused-ring (bicyclic) bond motifs is 4. The first kappa shape index (κ1) is 20.9. The minimum Gasteiger partial charge on any atom is -0.465 e. The van der Waals surface area contributed by atoms with Crippen LogP contribution in [0.2, 0.25) is 0 Å². The predicted octanol–water partition coefficient (Wildman–Crippen LogP) is 3.36. The molecule has 0 aromatic heterocycles. The van der Waals surface area contributed by atoms with Gasteiger partial charge in [0.1, 0.15) is 5.82 Å². The zero-order valence-electron chi connectivity index (χ0n) is 18.2. The SMILES string of the molecule is COC(=O)c1ccc2c(c1)C(c1ccc(F)cc1)N(C(=O)N[C@@H]1CN3CCC1CC3)CC2. The third-order valence-electron chi connectivity index (χ3n) is 7.21. The number of nitrogens with zero attached hydrogens (tertiary/aromatic N) is 2. The molecule has 1 unspecified atom stereocenters. The largest absolute Gasteiger partial charge is 0.465 e. The molecule has 2 aromatic rings. The zero-order chi connectivity index (χ0) is 22.2. The van der Waals surface area contributed by atoms with Crippen LogP contribution in [0.5, 0.6) is 0 Å². The van der Waals surface area contributed by atoms with E-state index in [1.807, 2.05) is 17.0 Å². The summed E-state index contributed by atoms with van der Waals surface area (Å²) in [5.41, 5.74) is 3.23. The van der Waals surface area contributed by atoms with Crippen molar-refractivity contribution in [2.45, 2.75) is 31.3 Å². The van der Waals surface area contributed by atoms with E-state index in [2.05, 4.69) is 10.2 Å². The molecule has 4 heterocycles. The van der Waals surface area contributed by atoms with E-state index in [-0.39, 0.29) is 17.9 Å². The molecule has 6 nitrogen and oxygen atoms in total. The van der Waals surface area contributed by atoms with Crippen molar-refractivity contribution in [3.05, 3.63) is 70.5 Å². The fourth-order valence-electron chi connectivity index (χ4n) is 5.45. The lowest BCUT2D eigenvalue weighted by Gasteiger charge is -2.46. The maximum absolute atomic E-state index is 13.7. The summed E-state index contributed by atoms with van der Waals surface area (Å²) in [5.74, 6) is -0.216. The maximum atomic E-state index is 13.7. The molecule has 4 aliphatic rings. The quantitative estimate of drug-likeness (QED) is 0.748. The van der Waals surface area contributed by atoms with Gasteiger partial charge in [-0.05, 0) is 79.2 Å². The Balaban J connectivity index is 1.48. The lowest BCUT2D eigenvalue weighted by atomic mass is 9.84. The average molecular weight is 438 g/mol. The number of ether oxygens (including phenoxy) is 1. The highest BCUT2D eigenvalue weighted by Gasteiger charge is 2.38. The molecule has 0 spiro atoms. The molecule has 1 N–H and O–H groups in total. The van der Waals surface area contributed by atoms with Gasteiger partial charge < -0.3 is 19.9 Å². The van der Waals surface area contributed by atoms with Crippen LogP contribution in [0.1, 0.15) is 45.9 Å². The van der Waals surface area contributed by atoms with E-state index in [1.165, 1.54) is 19.2 Å². The van der Waals surface area contributed by atoms with Crippen LogP contribution in [-0.4, -0.2) is 61.1 Å². The van der Waals surface area contributed by atoms with Gasteiger partial charge in [-0.1, -0.05) is 18.2 Å². The number of esters is 1. The van der Waals surface area contributed by atoms with E-state index in [9.17, 15) is 14.0 Å². The number of piperidine rings is 3. The summed E-state index contributed by atoms with van der Waals surface area (Å²) >= 11 is 0. The lowest BCUT2D eigenvalue weighted by molar-refractivity contribution is 0.0600. The van der Waals surface area contributed by atoms with Crippen LogP contribution in [0.25, 0.3) is 0 Å². The fourth-order valence-corrected chi connectivity index (χ4v) is 5.45. The molecule has 32 heavy (non-hydrogen) atoms. The number of hydrogen-bond donors (Lipinski definition) is 1. The number of halogens is 1. The second-order valence-corrected chi connectivity index (χ2v) is 9.00. The van der Waals surface area contributed by atoms with Gasteiger partial charge in [0.25, 0.3) is 0 Å². The molecule has 2 amide bonds. The summed E-state index contributed by atoms with van der Waals surface area (Å²) < 4.78 is 18.6. The smallest absolute Gasteiger partial charge is 0.337 e. The van der Waals surface area contributed by atoms with Crippen LogP contribution in [0, 0.1) is 11.7 Å². The van der Waals surface area contributed by atoms with E-state index < -0.39 is 12.0 Å². The first-order valence-electron chi connectivity index (χ1n) is 11.3. The molecule has 3 fully saturated rings. The highest BCUT2D eigenvalue weighted by atomic mass is 19.1. The molecule has 0 aliphatic carbocycles. The third-order valence-corrected chi connectivity index (χ3v) is 7.21. The Labute approximate surface area is 187 Å². The molecular weight excluding hydrogens is 409 g/mol. The fraction of sp³-hybridized carbons (Fsp3) is 0.440. The third kappa shape index (κ3) is 3.86. The predicted molar refractivity (Wildman–Crippen MR) is 118 cm³/mol. The molecule has 6 rings (SSSR count). The van der Waals surface area contributed by atoms with Gasteiger partial charge in [-0.2, -0.15) is 0 Å². The van der Waals surface area contributed by atoms with Crippen LogP contribution in [0.4, 0.5) is 9.18 Å². The minimum absolute atomic E-state index is 0.104. The van der Waals surface area contributed by atoms with Gasteiger partial charge >= 0.3 is 12.0 Å². The number of urea groups is 1. The normalized spacial score (nSPS) is 26.4. The Bertz CT molecular complexity index is 1020. The Morgan fingerprint density at radius 3 is 2.47 bits per heavy atom. The van der Waals surface area contributed by atoms with Gasteiger partial charge in [0, 0.05) is 19.1 Å². The molecule has 2 aromatic carbocycles. The topological polar surface area (TPSA) is 61.9 Å². The number of nitrogens with one attached hydrogen (secondary N) is 1. The molecule has 7 heteroatoms. The molecular formula is C25H28FN3O3. The number of benzene rings is 2. The van der Waals surface area contributed by atoms with E-state index >= 15 is 0 Å². The zero-order valence-corrected chi connectivity index (χ0v) is 18.2. The molecule has 0 radical (unpaired) electrons. The number of carbonyl (C=O) groups is 2. The van der Waals surface area contributed by atoms with Gasteiger partial charge in [-0.3, -0.25) is 0 Å². The van der Waals surface area contributed by atoms with Crippen LogP contribution >= 0.6 is 0 Å². The monoisotopic (exact) mass is 437 g/mol. The summed E-state index contributed by atoms with van der Waals surface area (Å²) in [6.45, 7) is 3.68. The molecule has 2 bridgehead atoms. The Morgan fingerprint density at radius 1 is 1.06 bits per heavy atom. The number of hydrogen-bond acceptors (Lipinski definition) is 4. The second kappa shape index (κ2) is 8.54. The van der Waals surface area contributed by atoms with Crippen LogP contribution in [-0.2, 0) is 11.2 Å². The number of rotatable bonds is 3. The molecule has 2 atom stereocenters. The van der Waals surface area contributed by atoms with E-state index in [0.717, 1.165) is 49.2 Å². The lowest BCUT2D eigenvalue weighted by Crippen LogP contribution is -2.59. The average Bonchev–Trinajstić information content (AvgIpc) is 2.83. The second-order valence-electron chi connectivity index (χ2n) is 9.00. The highest BCUT2D eigenvalue weighted by Crippen LogP contribution is 2.36. The van der Waals surface area contributed by atoms with Gasteiger partial charge in [-0.15, -0.1) is 0 Å². The molecule has 4 aliphatic heterocycles. The highest BCUT2D eigenvalue weighted by molar-refractivity contribution is 5.90. The van der Waals surface area contributed by atoms with Gasteiger partial charge in [-0.25, -0.2) is 14.0 Å². The van der Waals surface area contributed by atoms with E-state index in [4.69, 9.17) is 4.74 Å². The van der Waals surface area contributed by atoms with Crippen LogP contribution in [0.3, 0.4) is 0 Å². The number of carbonyl (C=O) groups excluding carboxylic acids is 2. The minimum atomic E-state index is -0.417. The molecule has 168 valence electrons. The van der Waals surface area contributed by atoms with Gasteiger partial charge in [0.05, 0.1) is 18.7 Å². The maximum Gasteiger partial charge on any atom is 0.337 e. The summed E-state index contributed by atoms with van der Waals surface area (Å²) in [4.78, 5) is 29.9. The van der Waals surface area contributed by atoms with Gasteiger partial charge in [0.2, 0.25) is 0 Å². The number of methoxy groups -OCH3 is 1. The summed E-state index contributed by atoms with van der Waals surface area (Å²) in [7, 11) is 1.35.